The summed E-state index contributed by atoms with van der Waals surface area (Å²) in [5.74, 6) is -0.111. The largest absolute Gasteiger partial charge is 0.501 e. The Balaban J connectivity index is 1.51. The molecule has 0 radical (unpaired) electrons. The first-order chi connectivity index (χ1) is 16.9. The third-order valence-electron chi connectivity index (χ3n) is 6.04. The summed E-state index contributed by atoms with van der Waals surface area (Å²) in [6.45, 7) is 5.37. The molecular weight excluding hydrogens is 495 g/mol. The summed E-state index contributed by atoms with van der Waals surface area (Å²) in [5.41, 5.74) is -4.08. The molecule has 190 valence electrons. The van der Waals surface area contributed by atoms with Gasteiger partial charge in [0.1, 0.15) is 5.75 Å². The van der Waals surface area contributed by atoms with Gasteiger partial charge in [-0.3, -0.25) is 9.88 Å². The van der Waals surface area contributed by atoms with Crippen molar-refractivity contribution in [3.63, 3.8) is 0 Å². The number of pyridine rings is 1. The lowest BCUT2D eigenvalue weighted by Crippen LogP contribution is -2.39. The molecule has 1 saturated heterocycles. The van der Waals surface area contributed by atoms with Crippen molar-refractivity contribution in [3.8, 4) is 5.75 Å². The Morgan fingerprint density at radius 2 is 1.72 bits per heavy atom. The Morgan fingerprint density at radius 3 is 2.36 bits per heavy atom. The highest BCUT2D eigenvalue weighted by Gasteiger charge is 2.47. The van der Waals surface area contributed by atoms with E-state index in [-0.39, 0.29) is 5.54 Å². The predicted octanol–water partition coefficient (Wildman–Crippen LogP) is 4.65. The lowest BCUT2D eigenvalue weighted by Gasteiger charge is -2.30. The van der Waals surface area contributed by atoms with E-state index in [1.165, 1.54) is 18.3 Å². The Labute approximate surface area is 207 Å². The van der Waals surface area contributed by atoms with E-state index in [0.29, 0.717) is 42.3 Å². The molecule has 2 aromatic carbocycles. The molecular formula is C25H24F3N3O4S. The molecule has 0 spiro atoms. The number of hydrogen-bond acceptors (Lipinski definition) is 7. The minimum Gasteiger partial charge on any atom is -0.423 e. The summed E-state index contributed by atoms with van der Waals surface area (Å²) >= 11 is 0. The maximum atomic E-state index is 12.8. The zero-order chi connectivity index (χ0) is 26.1. The van der Waals surface area contributed by atoms with Crippen LogP contribution < -0.4 is 9.64 Å². The van der Waals surface area contributed by atoms with Crippen molar-refractivity contribution in [1.82, 2.24) is 9.88 Å². The van der Waals surface area contributed by atoms with E-state index in [2.05, 4.69) is 9.88 Å². The minimum atomic E-state index is -5.41. The summed E-state index contributed by atoms with van der Waals surface area (Å²) in [4.78, 5) is 20.1. The second kappa shape index (κ2) is 9.55. The normalized spacial score (nSPS) is 16.2. The molecule has 11 heteroatoms. The number of nitrogens with zero attached hydrogens (tertiary/aromatic N) is 3. The molecule has 1 fully saturated rings. The molecule has 1 aromatic heterocycles. The van der Waals surface area contributed by atoms with E-state index in [1.54, 1.807) is 36.5 Å². The van der Waals surface area contributed by atoms with E-state index in [1.807, 2.05) is 24.8 Å². The summed E-state index contributed by atoms with van der Waals surface area (Å²) in [5, 5.41) is 0. The van der Waals surface area contributed by atoms with Gasteiger partial charge in [-0.05, 0) is 61.9 Å². The number of rotatable bonds is 6. The van der Waals surface area contributed by atoms with Crippen LogP contribution in [0.2, 0.25) is 0 Å². The fraction of sp³-hybridized carbons (Fsp3) is 0.280. The summed E-state index contributed by atoms with van der Waals surface area (Å²) < 4.78 is 67.3. The van der Waals surface area contributed by atoms with E-state index in [4.69, 9.17) is 4.74 Å². The number of aromatic nitrogens is 1. The molecule has 36 heavy (non-hydrogen) atoms. The van der Waals surface area contributed by atoms with Crippen molar-refractivity contribution in [2.45, 2.75) is 36.3 Å². The maximum absolute atomic E-state index is 12.8. The molecule has 0 aliphatic carbocycles. The maximum Gasteiger partial charge on any atom is 0.501 e. The van der Waals surface area contributed by atoms with Gasteiger partial charge in [-0.2, -0.15) is 13.2 Å². The van der Waals surface area contributed by atoms with E-state index >= 15 is 0 Å². The first-order valence-corrected chi connectivity index (χ1v) is 12.5. The molecule has 3 aromatic rings. The molecule has 0 amide bonds. The Morgan fingerprint density at radius 1 is 1.06 bits per heavy atom. The van der Waals surface area contributed by atoms with Gasteiger partial charge in [-0.1, -0.05) is 18.2 Å². The lowest BCUT2D eigenvalue weighted by molar-refractivity contribution is -0.0436. The van der Waals surface area contributed by atoms with Crippen molar-refractivity contribution >= 4 is 21.5 Å². The number of para-hydroxylation sites is 1. The smallest absolute Gasteiger partial charge is 0.423 e. The third kappa shape index (κ3) is 5.21. The number of carbonyl (C=O) groups excluding carboxylic acids is 1. The van der Waals surface area contributed by atoms with Crippen LogP contribution in [0.25, 0.3) is 0 Å². The van der Waals surface area contributed by atoms with Crippen LogP contribution in [-0.2, 0) is 16.4 Å². The number of anilines is 1. The first-order valence-electron chi connectivity index (χ1n) is 11.0. The number of alkyl halides is 3. The Hall–Kier alpha value is -3.44. The number of sulfone groups is 1. The standard InChI is InChI=1S/C25H24F3N3O4S/c1-24(2)16-30(19-8-10-21(11-9-19)36(33,34)25(26,27)28)17-31(24)15-18-12-13-29-14-22(18)23(32)35-20-6-4-3-5-7-20/h3-14H,15-17H2,1-2H3. The molecule has 1 aliphatic rings. The molecule has 0 N–H and O–H groups in total. The van der Waals surface area contributed by atoms with Crippen molar-refractivity contribution in [3.05, 3.63) is 84.2 Å². The SMILES string of the molecule is CC1(C)CN(c2ccc(S(=O)(=O)C(F)(F)F)cc2)CN1Cc1ccncc1C(=O)Oc1ccccc1. The highest BCUT2D eigenvalue weighted by Crippen LogP contribution is 2.34. The predicted molar refractivity (Wildman–Crippen MR) is 127 cm³/mol. The van der Waals surface area contributed by atoms with Crippen LogP contribution in [0.1, 0.15) is 29.8 Å². The van der Waals surface area contributed by atoms with Gasteiger partial charge < -0.3 is 9.64 Å². The number of halogens is 3. The monoisotopic (exact) mass is 519 g/mol. The van der Waals surface area contributed by atoms with Crippen molar-refractivity contribution in [1.29, 1.82) is 0 Å². The number of ether oxygens (including phenoxy) is 1. The molecule has 0 saturated carbocycles. The number of esters is 1. The molecule has 0 atom stereocenters. The van der Waals surface area contributed by atoms with Crippen molar-refractivity contribution in [2.24, 2.45) is 0 Å². The van der Waals surface area contributed by atoms with Crippen LogP contribution in [0.4, 0.5) is 18.9 Å². The van der Waals surface area contributed by atoms with Gasteiger partial charge in [-0.15, -0.1) is 0 Å². The van der Waals surface area contributed by atoms with Crippen LogP contribution in [0.15, 0.2) is 78.0 Å². The van der Waals surface area contributed by atoms with Gasteiger partial charge in [0.15, 0.2) is 0 Å². The van der Waals surface area contributed by atoms with E-state index in [0.717, 1.165) is 12.1 Å². The van der Waals surface area contributed by atoms with Gasteiger partial charge in [0.25, 0.3) is 9.84 Å². The van der Waals surface area contributed by atoms with Gasteiger partial charge in [0.2, 0.25) is 0 Å². The molecule has 7 nitrogen and oxygen atoms in total. The quantitative estimate of drug-likeness (QED) is 0.346. The molecule has 1 aliphatic heterocycles. The van der Waals surface area contributed by atoms with E-state index < -0.39 is 26.2 Å². The van der Waals surface area contributed by atoms with Gasteiger partial charge in [-0.25, -0.2) is 13.2 Å². The first kappa shape index (κ1) is 25.6. The average Bonchev–Trinajstić information content (AvgIpc) is 3.13. The van der Waals surface area contributed by atoms with Crippen molar-refractivity contribution in [2.75, 3.05) is 18.1 Å². The Kier molecular flexibility index (Phi) is 6.80. The molecule has 2 heterocycles. The molecule has 4 rings (SSSR count). The highest BCUT2D eigenvalue weighted by molar-refractivity contribution is 7.92. The Bertz CT molecular complexity index is 1340. The second-order valence-electron chi connectivity index (χ2n) is 9.03. The van der Waals surface area contributed by atoms with Crippen LogP contribution >= 0.6 is 0 Å². The number of benzene rings is 2. The molecule has 0 bridgehead atoms. The van der Waals surface area contributed by atoms with Crippen LogP contribution in [-0.4, -0.2) is 48.5 Å². The summed E-state index contributed by atoms with van der Waals surface area (Å²) in [6.07, 6.45) is 3.05. The minimum absolute atomic E-state index is 0.331. The zero-order valence-corrected chi connectivity index (χ0v) is 20.4. The van der Waals surface area contributed by atoms with E-state index in [9.17, 15) is 26.4 Å². The summed E-state index contributed by atoms with van der Waals surface area (Å²) in [7, 11) is -5.41. The lowest BCUT2D eigenvalue weighted by atomic mass is 10.0. The van der Waals surface area contributed by atoms with Crippen LogP contribution in [0, 0.1) is 0 Å². The number of carbonyl (C=O) groups is 1. The second-order valence-corrected chi connectivity index (χ2v) is 11.0. The summed E-state index contributed by atoms with van der Waals surface area (Å²) in [6, 6.07) is 15.1. The van der Waals surface area contributed by atoms with Gasteiger partial charge in [0, 0.05) is 36.7 Å². The fourth-order valence-electron chi connectivity index (χ4n) is 4.02. The average molecular weight is 520 g/mol. The molecule has 0 unspecified atom stereocenters. The van der Waals surface area contributed by atoms with Crippen LogP contribution in [0.5, 0.6) is 5.75 Å². The third-order valence-corrected chi connectivity index (χ3v) is 7.54. The topological polar surface area (TPSA) is 79.8 Å². The van der Waals surface area contributed by atoms with Gasteiger partial charge in [0.05, 0.1) is 17.1 Å². The highest BCUT2D eigenvalue weighted by atomic mass is 32.2. The zero-order valence-electron chi connectivity index (χ0n) is 19.6. The number of hydrogen-bond donors (Lipinski definition) is 0. The van der Waals surface area contributed by atoms with Gasteiger partial charge >= 0.3 is 11.5 Å². The van der Waals surface area contributed by atoms with Crippen molar-refractivity contribution < 1.29 is 31.1 Å². The van der Waals surface area contributed by atoms with Crippen LogP contribution in [0.3, 0.4) is 0 Å². The fourth-order valence-corrected chi connectivity index (χ4v) is 4.78.